The molecule has 3 N–H and O–H groups in total. The zero-order valence-corrected chi connectivity index (χ0v) is 13.4. The van der Waals surface area contributed by atoms with E-state index in [0.29, 0.717) is 36.8 Å². The van der Waals surface area contributed by atoms with E-state index in [1.54, 1.807) is 6.07 Å². The van der Waals surface area contributed by atoms with Gasteiger partial charge in [0.15, 0.2) is 16.6 Å². The van der Waals surface area contributed by atoms with Gasteiger partial charge in [0, 0.05) is 29.7 Å². The van der Waals surface area contributed by atoms with Gasteiger partial charge in [-0.1, -0.05) is 0 Å². The van der Waals surface area contributed by atoms with E-state index >= 15 is 0 Å². The highest BCUT2D eigenvalue weighted by Gasteiger charge is 2.43. The number of thiocarbonyl (C=S) groups is 1. The number of benzene rings is 1. The van der Waals surface area contributed by atoms with Crippen molar-refractivity contribution in [3.8, 4) is 11.5 Å². The summed E-state index contributed by atoms with van der Waals surface area (Å²) in [6, 6.07) is 3.08. The number of rotatable bonds is 2. The zero-order valence-electron chi connectivity index (χ0n) is 12.6. The zero-order chi connectivity index (χ0) is 16.9. The van der Waals surface area contributed by atoms with E-state index in [0.717, 1.165) is 10.9 Å². The molecule has 24 heavy (non-hydrogen) atoms. The first-order valence-corrected chi connectivity index (χ1v) is 7.87. The summed E-state index contributed by atoms with van der Waals surface area (Å²) in [5, 5.41) is 1.13. The van der Waals surface area contributed by atoms with Crippen LogP contribution < -0.4 is 15.2 Å². The van der Waals surface area contributed by atoms with Gasteiger partial charge in [-0.15, -0.1) is 8.78 Å². The van der Waals surface area contributed by atoms with Gasteiger partial charge in [-0.05, 0) is 30.3 Å². The highest BCUT2D eigenvalue weighted by molar-refractivity contribution is 7.80. The lowest BCUT2D eigenvalue weighted by atomic mass is 10.0. The van der Waals surface area contributed by atoms with E-state index in [9.17, 15) is 8.78 Å². The SMILES string of the molecule is NC(=S)N1CCOC[C@@H]1Cc1c[nH]c2cc3c(cc12)OC(F)(F)O3. The van der Waals surface area contributed by atoms with Crippen LogP contribution in [0.4, 0.5) is 8.78 Å². The van der Waals surface area contributed by atoms with Crippen molar-refractivity contribution in [3.05, 3.63) is 23.9 Å². The first kappa shape index (κ1) is 15.4. The molecule has 3 heterocycles. The molecule has 2 aliphatic heterocycles. The van der Waals surface area contributed by atoms with E-state index < -0.39 is 6.29 Å². The average Bonchev–Trinajstić information content (AvgIpc) is 3.03. The van der Waals surface area contributed by atoms with Gasteiger partial charge < -0.3 is 29.8 Å². The first-order chi connectivity index (χ1) is 11.4. The van der Waals surface area contributed by atoms with E-state index in [1.807, 2.05) is 11.1 Å². The molecule has 0 aliphatic carbocycles. The van der Waals surface area contributed by atoms with Crippen LogP contribution in [-0.2, 0) is 11.2 Å². The molecule has 1 aromatic heterocycles. The third kappa shape index (κ3) is 2.63. The van der Waals surface area contributed by atoms with E-state index in [-0.39, 0.29) is 17.5 Å². The lowest BCUT2D eigenvalue weighted by Crippen LogP contribution is -2.51. The molecule has 4 rings (SSSR count). The first-order valence-electron chi connectivity index (χ1n) is 7.46. The molecule has 128 valence electrons. The van der Waals surface area contributed by atoms with E-state index in [4.69, 9.17) is 22.7 Å². The van der Waals surface area contributed by atoms with Crippen LogP contribution in [-0.4, -0.2) is 47.1 Å². The number of hydrogen-bond donors (Lipinski definition) is 2. The Morgan fingerprint density at radius 1 is 1.38 bits per heavy atom. The standard InChI is InChI=1S/C15H15F2N3O3S/c16-15(17)22-12-4-10-8(6-19-11(10)5-13(12)23-15)3-9-7-21-2-1-20(9)14(18)24/h4-6,9,19H,1-3,7H2,(H2,18,24)/t9-/m0/s1. The quantitative estimate of drug-likeness (QED) is 0.803. The minimum absolute atomic E-state index is 0.00196. The van der Waals surface area contributed by atoms with Crippen LogP contribution in [0, 0.1) is 0 Å². The molecule has 1 aromatic carbocycles. The maximum atomic E-state index is 13.2. The molecule has 0 bridgehead atoms. The second-order valence-corrected chi connectivity index (χ2v) is 6.21. The Balaban J connectivity index is 1.65. The van der Waals surface area contributed by atoms with Gasteiger partial charge in [-0.2, -0.15) is 0 Å². The second kappa shape index (κ2) is 5.45. The Morgan fingerprint density at radius 3 is 2.88 bits per heavy atom. The number of halogens is 2. The molecule has 9 heteroatoms. The number of nitrogens with zero attached hydrogens (tertiary/aromatic N) is 1. The highest BCUT2D eigenvalue weighted by Crippen LogP contribution is 2.43. The molecule has 2 aromatic rings. The fraction of sp³-hybridized carbons (Fsp3) is 0.400. The molecular formula is C15H15F2N3O3S. The molecule has 0 radical (unpaired) electrons. The lowest BCUT2D eigenvalue weighted by molar-refractivity contribution is -0.286. The van der Waals surface area contributed by atoms with Crippen molar-refractivity contribution < 1.29 is 23.0 Å². The third-order valence-corrected chi connectivity index (χ3v) is 4.49. The van der Waals surface area contributed by atoms with Crippen LogP contribution in [0.2, 0.25) is 0 Å². The maximum absolute atomic E-state index is 13.2. The lowest BCUT2D eigenvalue weighted by Gasteiger charge is -2.36. The summed E-state index contributed by atoms with van der Waals surface area (Å²) in [6.45, 7) is 1.73. The molecule has 1 saturated heterocycles. The molecule has 0 saturated carbocycles. The Bertz CT molecular complexity index is 811. The van der Waals surface area contributed by atoms with E-state index in [2.05, 4.69) is 14.5 Å². The normalized spacial score (nSPS) is 22.1. The number of ether oxygens (including phenoxy) is 3. The summed E-state index contributed by atoms with van der Waals surface area (Å²) in [4.78, 5) is 5.00. The molecule has 0 amide bonds. The second-order valence-electron chi connectivity index (χ2n) is 5.79. The monoisotopic (exact) mass is 355 g/mol. The Kier molecular flexibility index (Phi) is 3.50. The summed E-state index contributed by atoms with van der Waals surface area (Å²) in [7, 11) is 0. The molecule has 1 fully saturated rings. The molecule has 2 aliphatic rings. The van der Waals surface area contributed by atoms with Crippen molar-refractivity contribution in [2.45, 2.75) is 18.8 Å². The highest BCUT2D eigenvalue weighted by atomic mass is 32.1. The van der Waals surface area contributed by atoms with Crippen molar-refractivity contribution >= 4 is 28.2 Å². The van der Waals surface area contributed by atoms with Gasteiger partial charge in [-0.25, -0.2) is 0 Å². The molecular weight excluding hydrogens is 340 g/mol. The van der Waals surface area contributed by atoms with Crippen LogP contribution in [0.15, 0.2) is 18.3 Å². The Hall–Kier alpha value is -2.13. The van der Waals surface area contributed by atoms with Crippen LogP contribution in [0.25, 0.3) is 10.9 Å². The molecule has 6 nitrogen and oxygen atoms in total. The molecule has 1 atom stereocenters. The van der Waals surface area contributed by atoms with Crippen molar-refractivity contribution in [1.29, 1.82) is 0 Å². The summed E-state index contributed by atoms with van der Waals surface area (Å²) < 4.78 is 40.9. The fourth-order valence-electron chi connectivity index (χ4n) is 3.16. The van der Waals surface area contributed by atoms with Gasteiger partial charge in [0.1, 0.15) is 0 Å². The average molecular weight is 355 g/mol. The van der Waals surface area contributed by atoms with Crippen LogP contribution in [0.1, 0.15) is 5.56 Å². The number of alkyl halides is 2. The van der Waals surface area contributed by atoms with Crippen molar-refractivity contribution in [2.24, 2.45) is 5.73 Å². The number of fused-ring (bicyclic) bond motifs is 2. The minimum atomic E-state index is -3.62. The van der Waals surface area contributed by atoms with Crippen LogP contribution in [0.3, 0.4) is 0 Å². The van der Waals surface area contributed by atoms with Crippen molar-refractivity contribution in [1.82, 2.24) is 9.88 Å². The number of nitrogens with one attached hydrogen (secondary N) is 1. The number of hydrogen-bond acceptors (Lipinski definition) is 4. The largest absolute Gasteiger partial charge is 0.586 e. The topological polar surface area (TPSA) is 72.7 Å². The minimum Gasteiger partial charge on any atom is -0.395 e. The van der Waals surface area contributed by atoms with Gasteiger partial charge in [0.25, 0.3) is 0 Å². The molecule has 0 spiro atoms. The van der Waals surface area contributed by atoms with Crippen LogP contribution >= 0.6 is 12.2 Å². The van der Waals surface area contributed by atoms with Crippen molar-refractivity contribution in [2.75, 3.05) is 19.8 Å². The van der Waals surface area contributed by atoms with Gasteiger partial charge in [0.05, 0.1) is 19.3 Å². The summed E-state index contributed by atoms with van der Waals surface area (Å²) in [5.74, 6) is 0.0473. The van der Waals surface area contributed by atoms with Crippen molar-refractivity contribution in [3.63, 3.8) is 0 Å². The number of H-pyrrole nitrogens is 1. The summed E-state index contributed by atoms with van der Waals surface area (Å²) in [5.41, 5.74) is 7.42. The predicted molar refractivity (Wildman–Crippen MR) is 86.3 cm³/mol. The van der Waals surface area contributed by atoms with Gasteiger partial charge >= 0.3 is 6.29 Å². The smallest absolute Gasteiger partial charge is 0.395 e. The van der Waals surface area contributed by atoms with E-state index in [1.165, 1.54) is 6.07 Å². The number of aromatic amines is 1. The number of morpholine rings is 1. The summed E-state index contributed by atoms with van der Waals surface area (Å²) in [6.07, 6.45) is -1.17. The molecule has 0 unspecified atom stereocenters. The fourth-order valence-corrected chi connectivity index (χ4v) is 3.40. The predicted octanol–water partition coefficient (Wildman–Crippen LogP) is 1.98. The maximum Gasteiger partial charge on any atom is 0.586 e. The summed E-state index contributed by atoms with van der Waals surface area (Å²) >= 11 is 5.09. The van der Waals surface area contributed by atoms with Crippen LogP contribution in [0.5, 0.6) is 11.5 Å². The van der Waals surface area contributed by atoms with Gasteiger partial charge in [0.2, 0.25) is 0 Å². The number of nitrogens with two attached hydrogens (primary N) is 1. The third-order valence-electron chi connectivity index (χ3n) is 4.26. The number of aromatic nitrogens is 1. The Labute approximate surface area is 141 Å². The Morgan fingerprint density at radius 2 is 2.12 bits per heavy atom. The van der Waals surface area contributed by atoms with Gasteiger partial charge in [-0.3, -0.25) is 0 Å².